The van der Waals surface area contributed by atoms with Gasteiger partial charge in [0.15, 0.2) is 0 Å². The number of fused-ring (bicyclic) bond motifs is 1. The van der Waals surface area contributed by atoms with Gasteiger partial charge in [-0.25, -0.2) is 0 Å². The lowest BCUT2D eigenvalue weighted by Gasteiger charge is -2.36. The Morgan fingerprint density at radius 3 is 2.86 bits per heavy atom. The standard InChI is InChI=1S/C17H23N3O/c1-11-5-3-4-6-16(11)20(2)17(21)14-10-19-15-8-7-12(18)9-13(14)15/h7-11,16,19H,3-6,18H2,1-2H3. The lowest BCUT2D eigenvalue weighted by atomic mass is 9.85. The number of aromatic nitrogens is 1. The van der Waals surface area contributed by atoms with Crippen LogP contribution >= 0.6 is 0 Å². The minimum Gasteiger partial charge on any atom is -0.399 e. The quantitative estimate of drug-likeness (QED) is 0.831. The first-order valence-corrected chi connectivity index (χ1v) is 7.71. The Morgan fingerprint density at radius 2 is 2.10 bits per heavy atom. The minimum atomic E-state index is 0.0885. The Hall–Kier alpha value is -1.97. The number of hydrogen-bond acceptors (Lipinski definition) is 2. The number of benzene rings is 1. The number of hydrogen-bond donors (Lipinski definition) is 2. The number of rotatable bonds is 2. The van der Waals surface area contributed by atoms with Crippen molar-refractivity contribution in [1.29, 1.82) is 0 Å². The largest absolute Gasteiger partial charge is 0.399 e. The van der Waals surface area contributed by atoms with Gasteiger partial charge in [0.25, 0.3) is 5.91 Å². The van der Waals surface area contributed by atoms with E-state index in [0.29, 0.717) is 17.6 Å². The van der Waals surface area contributed by atoms with Gasteiger partial charge in [0.1, 0.15) is 0 Å². The van der Waals surface area contributed by atoms with Crippen molar-refractivity contribution in [1.82, 2.24) is 9.88 Å². The number of nitrogens with two attached hydrogens (primary N) is 1. The average molecular weight is 285 g/mol. The second kappa shape index (κ2) is 5.43. The van der Waals surface area contributed by atoms with E-state index in [1.54, 1.807) is 6.20 Å². The van der Waals surface area contributed by atoms with Gasteiger partial charge in [0.05, 0.1) is 5.56 Å². The molecule has 1 aliphatic carbocycles. The Morgan fingerprint density at radius 1 is 1.33 bits per heavy atom. The molecule has 0 aliphatic heterocycles. The van der Waals surface area contributed by atoms with Gasteiger partial charge < -0.3 is 15.6 Å². The number of H-pyrrole nitrogens is 1. The highest BCUT2D eigenvalue weighted by Crippen LogP contribution is 2.29. The van der Waals surface area contributed by atoms with Gasteiger partial charge in [-0.2, -0.15) is 0 Å². The van der Waals surface area contributed by atoms with Crippen LogP contribution in [0.15, 0.2) is 24.4 Å². The highest BCUT2D eigenvalue weighted by Gasteiger charge is 2.29. The van der Waals surface area contributed by atoms with Crippen LogP contribution < -0.4 is 5.73 Å². The van der Waals surface area contributed by atoms with Crippen LogP contribution in [0.25, 0.3) is 10.9 Å². The van der Waals surface area contributed by atoms with Gasteiger partial charge in [-0.3, -0.25) is 4.79 Å². The number of amides is 1. The van der Waals surface area contributed by atoms with Gasteiger partial charge in [-0.15, -0.1) is 0 Å². The number of nitrogen functional groups attached to an aromatic ring is 1. The van der Waals surface area contributed by atoms with Crippen molar-refractivity contribution in [3.05, 3.63) is 30.0 Å². The smallest absolute Gasteiger partial charge is 0.256 e. The van der Waals surface area contributed by atoms with E-state index in [1.165, 1.54) is 19.3 Å². The molecule has 1 fully saturated rings. The normalized spacial score (nSPS) is 22.4. The first kappa shape index (κ1) is 14.0. The predicted octanol–water partition coefficient (Wildman–Crippen LogP) is 3.40. The molecule has 0 saturated heterocycles. The summed E-state index contributed by atoms with van der Waals surface area (Å²) in [5.41, 5.74) is 8.22. The minimum absolute atomic E-state index is 0.0885. The summed E-state index contributed by atoms with van der Waals surface area (Å²) < 4.78 is 0. The fourth-order valence-electron chi connectivity index (χ4n) is 3.53. The molecular formula is C17H23N3O. The molecule has 0 radical (unpaired) electrons. The van der Waals surface area contributed by atoms with Crippen molar-refractivity contribution in [3.63, 3.8) is 0 Å². The van der Waals surface area contributed by atoms with Crippen molar-refractivity contribution in [3.8, 4) is 0 Å². The third-order valence-corrected chi connectivity index (χ3v) is 4.82. The van der Waals surface area contributed by atoms with Crippen LogP contribution in [0.2, 0.25) is 0 Å². The fourth-order valence-corrected chi connectivity index (χ4v) is 3.53. The third-order valence-electron chi connectivity index (χ3n) is 4.82. The molecule has 4 heteroatoms. The summed E-state index contributed by atoms with van der Waals surface area (Å²) in [5, 5.41) is 0.912. The number of carbonyl (C=O) groups is 1. The number of nitrogens with zero attached hydrogens (tertiary/aromatic N) is 1. The second-order valence-corrected chi connectivity index (χ2v) is 6.25. The van der Waals surface area contributed by atoms with Crippen molar-refractivity contribution >= 4 is 22.5 Å². The Balaban J connectivity index is 1.91. The molecule has 21 heavy (non-hydrogen) atoms. The van der Waals surface area contributed by atoms with Gasteiger partial charge in [0.2, 0.25) is 0 Å². The maximum absolute atomic E-state index is 12.8. The molecule has 0 bridgehead atoms. The topological polar surface area (TPSA) is 62.1 Å². The average Bonchev–Trinajstić information content (AvgIpc) is 2.89. The monoisotopic (exact) mass is 285 g/mol. The molecule has 2 unspecified atom stereocenters. The summed E-state index contributed by atoms with van der Waals surface area (Å²) >= 11 is 0. The van der Waals surface area contributed by atoms with Crippen LogP contribution in [0.4, 0.5) is 5.69 Å². The van der Waals surface area contributed by atoms with Gasteiger partial charge >= 0.3 is 0 Å². The van der Waals surface area contributed by atoms with E-state index in [9.17, 15) is 4.79 Å². The predicted molar refractivity (Wildman–Crippen MR) is 86.2 cm³/mol. The molecule has 1 aromatic heterocycles. The van der Waals surface area contributed by atoms with E-state index in [0.717, 1.165) is 22.9 Å². The SMILES string of the molecule is CC1CCCCC1N(C)C(=O)c1c[nH]c2ccc(N)cc12. The first-order chi connectivity index (χ1) is 10.1. The van der Waals surface area contributed by atoms with Crippen LogP contribution in [0.1, 0.15) is 43.0 Å². The lowest BCUT2D eigenvalue weighted by Crippen LogP contribution is -2.42. The van der Waals surface area contributed by atoms with E-state index in [2.05, 4.69) is 11.9 Å². The van der Waals surface area contributed by atoms with Crippen LogP contribution in [-0.4, -0.2) is 28.9 Å². The molecule has 1 amide bonds. The van der Waals surface area contributed by atoms with E-state index >= 15 is 0 Å². The van der Waals surface area contributed by atoms with E-state index in [4.69, 9.17) is 5.73 Å². The molecule has 0 spiro atoms. The second-order valence-electron chi connectivity index (χ2n) is 6.25. The van der Waals surface area contributed by atoms with Crippen LogP contribution in [0.3, 0.4) is 0 Å². The molecular weight excluding hydrogens is 262 g/mol. The Bertz CT molecular complexity index is 661. The molecule has 1 heterocycles. The number of anilines is 1. The molecule has 3 N–H and O–H groups in total. The molecule has 3 rings (SSSR count). The molecule has 1 saturated carbocycles. The van der Waals surface area contributed by atoms with Gasteiger partial charge in [0, 0.05) is 35.9 Å². The number of aromatic amines is 1. The van der Waals surface area contributed by atoms with E-state index < -0.39 is 0 Å². The third kappa shape index (κ3) is 2.50. The van der Waals surface area contributed by atoms with E-state index in [1.807, 2.05) is 30.1 Å². The fraction of sp³-hybridized carbons (Fsp3) is 0.471. The zero-order valence-electron chi connectivity index (χ0n) is 12.7. The highest BCUT2D eigenvalue weighted by atomic mass is 16.2. The Labute approximate surface area is 125 Å². The molecule has 2 atom stereocenters. The lowest BCUT2D eigenvalue weighted by molar-refractivity contribution is 0.0631. The summed E-state index contributed by atoms with van der Waals surface area (Å²) in [5.74, 6) is 0.661. The molecule has 1 aromatic carbocycles. The van der Waals surface area contributed by atoms with Crippen LogP contribution in [0.5, 0.6) is 0 Å². The highest BCUT2D eigenvalue weighted by molar-refractivity contribution is 6.07. The van der Waals surface area contributed by atoms with Crippen LogP contribution in [-0.2, 0) is 0 Å². The summed E-state index contributed by atoms with van der Waals surface area (Å²) in [6.07, 6.45) is 6.62. The van der Waals surface area contributed by atoms with Crippen molar-refractivity contribution in [2.75, 3.05) is 12.8 Å². The molecule has 1 aliphatic rings. The van der Waals surface area contributed by atoms with E-state index in [-0.39, 0.29) is 5.91 Å². The summed E-state index contributed by atoms with van der Waals surface area (Å²) in [4.78, 5) is 17.9. The molecule has 4 nitrogen and oxygen atoms in total. The molecule has 112 valence electrons. The molecule has 2 aromatic rings. The zero-order chi connectivity index (χ0) is 15.0. The maximum atomic E-state index is 12.8. The zero-order valence-corrected chi connectivity index (χ0v) is 12.7. The summed E-state index contributed by atoms with van der Waals surface area (Å²) in [7, 11) is 1.93. The maximum Gasteiger partial charge on any atom is 0.256 e. The van der Waals surface area contributed by atoms with Gasteiger partial charge in [-0.05, 0) is 37.0 Å². The Kier molecular flexibility index (Phi) is 3.62. The summed E-state index contributed by atoms with van der Waals surface area (Å²) in [6, 6.07) is 5.99. The van der Waals surface area contributed by atoms with Crippen molar-refractivity contribution < 1.29 is 4.79 Å². The van der Waals surface area contributed by atoms with Crippen molar-refractivity contribution in [2.24, 2.45) is 5.92 Å². The first-order valence-electron chi connectivity index (χ1n) is 7.71. The number of nitrogens with one attached hydrogen (secondary N) is 1. The van der Waals surface area contributed by atoms with Crippen molar-refractivity contribution in [2.45, 2.75) is 38.6 Å². The van der Waals surface area contributed by atoms with Crippen LogP contribution in [0, 0.1) is 5.92 Å². The summed E-state index contributed by atoms with van der Waals surface area (Å²) in [6.45, 7) is 2.25. The number of carbonyl (C=O) groups excluding carboxylic acids is 1. The van der Waals surface area contributed by atoms with Gasteiger partial charge in [-0.1, -0.05) is 19.8 Å².